The van der Waals surface area contributed by atoms with Gasteiger partial charge in [-0.25, -0.2) is 0 Å². The minimum Gasteiger partial charge on any atom is -0.366 e. The molecule has 1 aliphatic rings. The molecule has 1 aromatic rings. The third-order valence-corrected chi connectivity index (χ3v) is 2.24. The molecule has 2 N–H and O–H groups in total. The molecule has 0 saturated carbocycles. The molecule has 5 heteroatoms. The number of hydrogen-bond acceptors (Lipinski definition) is 5. The van der Waals surface area contributed by atoms with Gasteiger partial charge in [0.15, 0.2) is 5.82 Å². The summed E-state index contributed by atoms with van der Waals surface area (Å²) < 4.78 is 0. The van der Waals surface area contributed by atoms with E-state index < -0.39 is 0 Å². The van der Waals surface area contributed by atoms with E-state index in [2.05, 4.69) is 20.1 Å². The van der Waals surface area contributed by atoms with Gasteiger partial charge in [0.1, 0.15) is 0 Å². The highest BCUT2D eigenvalue weighted by molar-refractivity contribution is 5.38. The lowest BCUT2D eigenvalue weighted by molar-refractivity contribution is 0.572. The van der Waals surface area contributed by atoms with E-state index in [0.29, 0.717) is 0 Å². The summed E-state index contributed by atoms with van der Waals surface area (Å²) in [5, 5.41) is 7.40. The van der Waals surface area contributed by atoms with Crippen molar-refractivity contribution < 1.29 is 0 Å². The van der Waals surface area contributed by atoms with Crippen LogP contribution in [0.4, 0.5) is 11.8 Å². The second kappa shape index (κ2) is 3.55. The van der Waals surface area contributed by atoms with Crippen LogP contribution in [-0.4, -0.2) is 28.3 Å². The predicted octanol–water partition coefficient (Wildman–Crippen LogP) is 0.444. The zero-order chi connectivity index (χ0) is 9.10. The topological polar surface area (TPSA) is 67.9 Å². The summed E-state index contributed by atoms with van der Waals surface area (Å²) >= 11 is 0. The maximum Gasteiger partial charge on any atom is 0.242 e. The standard InChI is InChI=1S/C8H13N5/c9-8-11-7(6-10-12-8)13-4-2-1-3-5-13/h6H,1-5H2,(H2,9,11,12). The average molecular weight is 179 g/mol. The Hall–Kier alpha value is -1.39. The van der Waals surface area contributed by atoms with Crippen LogP contribution in [0.3, 0.4) is 0 Å². The van der Waals surface area contributed by atoms with Gasteiger partial charge in [-0.1, -0.05) is 0 Å². The van der Waals surface area contributed by atoms with E-state index in [1.54, 1.807) is 6.20 Å². The molecule has 1 aromatic heterocycles. The summed E-state index contributed by atoms with van der Waals surface area (Å²) in [6, 6.07) is 0. The van der Waals surface area contributed by atoms with Crippen molar-refractivity contribution in [3.05, 3.63) is 6.20 Å². The maximum atomic E-state index is 5.45. The second-order valence-corrected chi connectivity index (χ2v) is 3.22. The molecule has 0 aromatic carbocycles. The Balaban J connectivity index is 2.14. The lowest BCUT2D eigenvalue weighted by Gasteiger charge is -2.26. The van der Waals surface area contributed by atoms with Crippen molar-refractivity contribution in [2.24, 2.45) is 0 Å². The van der Waals surface area contributed by atoms with E-state index in [1.165, 1.54) is 19.3 Å². The van der Waals surface area contributed by atoms with Gasteiger partial charge < -0.3 is 10.6 Å². The molecule has 70 valence electrons. The van der Waals surface area contributed by atoms with Crippen molar-refractivity contribution in [3.63, 3.8) is 0 Å². The van der Waals surface area contributed by atoms with Gasteiger partial charge in [0, 0.05) is 13.1 Å². The van der Waals surface area contributed by atoms with Crippen molar-refractivity contribution >= 4 is 11.8 Å². The van der Waals surface area contributed by atoms with Crippen molar-refractivity contribution in [1.82, 2.24) is 15.2 Å². The number of aromatic nitrogens is 3. The number of hydrogen-bond donors (Lipinski definition) is 1. The summed E-state index contributed by atoms with van der Waals surface area (Å²) in [7, 11) is 0. The molecule has 0 atom stereocenters. The lowest BCUT2D eigenvalue weighted by Crippen LogP contribution is -2.30. The summed E-state index contributed by atoms with van der Waals surface area (Å²) in [6.45, 7) is 2.11. The lowest BCUT2D eigenvalue weighted by atomic mass is 10.1. The fraction of sp³-hybridized carbons (Fsp3) is 0.625. The highest BCUT2D eigenvalue weighted by atomic mass is 15.3. The van der Waals surface area contributed by atoms with Gasteiger partial charge >= 0.3 is 0 Å². The normalized spacial score (nSPS) is 17.4. The molecule has 1 aliphatic heterocycles. The van der Waals surface area contributed by atoms with Gasteiger partial charge in [-0.05, 0) is 19.3 Å². The zero-order valence-electron chi connectivity index (χ0n) is 7.48. The third kappa shape index (κ3) is 1.85. The Morgan fingerprint density at radius 1 is 1.23 bits per heavy atom. The molecule has 0 radical (unpaired) electrons. The minimum absolute atomic E-state index is 0.253. The number of nitrogens with two attached hydrogens (primary N) is 1. The third-order valence-electron chi connectivity index (χ3n) is 2.24. The quantitative estimate of drug-likeness (QED) is 0.677. The Morgan fingerprint density at radius 3 is 2.69 bits per heavy atom. The van der Waals surface area contributed by atoms with E-state index in [-0.39, 0.29) is 5.95 Å². The fourth-order valence-corrected chi connectivity index (χ4v) is 1.58. The Morgan fingerprint density at radius 2 is 2.00 bits per heavy atom. The molecule has 0 aliphatic carbocycles. The number of nitrogens with zero attached hydrogens (tertiary/aromatic N) is 4. The van der Waals surface area contributed by atoms with Gasteiger partial charge in [-0.15, -0.1) is 5.10 Å². The van der Waals surface area contributed by atoms with E-state index in [9.17, 15) is 0 Å². The van der Waals surface area contributed by atoms with Gasteiger partial charge in [-0.2, -0.15) is 10.1 Å². The van der Waals surface area contributed by atoms with Gasteiger partial charge in [0.25, 0.3) is 0 Å². The molecule has 2 rings (SSSR count). The molecule has 5 nitrogen and oxygen atoms in total. The van der Waals surface area contributed by atoms with Gasteiger partial charge in [-0.3, -0.25) is 0 Å². The molecule has 1 fully saturated rings. The summed E-state index contributed by atoms with van der Waals surface area (Å²) in [5.74, 6) is 1.11. The largest absolute Gasteiger partial charge is 0.366 e. The van der Waals surface area contributed by atoms with Crippen molar-refractivity contribution in [2.45, 2.75) is 19.3 Å². The predicted molar refractivity (Wildman–Crippen MR) is 50.3 cm³/mol. The molecule has 0 bridgehead atoms. The van der Waals surface area contributed by atoms with Crippen LogP contribution in [0, 0.1) is 0 Å². The molecule has 0 spiro atoms. The summed E-state index contributed by atoms with van der Waals surface area (Å²) in [5.41, 5.74) is 5.45. The van der Waals surface area contributed by atoms with E-state index >= 15 is 0 Å². The van der Waals surface area contributed by atoms with Gasteiger partial charge in [0.2, 0.25) is 5.95 Å². The van der Waals surface area contributed by atoms with Crippen LogP contribution in [0.1, 0.15) is 19.3 Å². The monoisotopic (exact) mass is 179 g/mol. The molecule has 0 unspecified atom stereocenters. The SMILES string of the molecule is Nc1nncc(N2CCCCC2)n1. The van der Waals surface area contributed by atoms with Gasteiger partial charge in [0.05, 0.1) is 6.20 Å². The van der Waals surface area contributed by atoms with Crippen LogP contribution >= 0.6 is 0 Å². The van der Waals surface area contributed by atoms with Crippen LogP contribution in [0.2, 0.25) is 0 Å². The number of rotatable bonds is 1. The first-order chi connectivity index (χ1) is 6.36. The molecular formula is C8H13N5. The minimum atomic E-state index is 0.253. The van der Waals surface area contributed by atoms with Crippen molar-refractivity contribution in [1.29, 1.82) is 0 Å². The zero-order valence-corrected chi connectivity index (χ0v) is 7.48. The number of anilines is 2. The number of piperidine rings is 1. The summed E-state index contributed by atoms with van der Waals surface area (Å²) in [4.78, 5) is 6.33. The molecule has 0 amide bonds. The maximum absolute atomic E-state index is 5.45. The van der Waals surface area contributed by atoms with Crippen molar-refractivity contribution in [3.8, 4) is 0 Å². The van der Waals surface area contributed by atoms with Crippen LogP contribution in [-0.2, 0) is 0 Å². The van der Waals surface area contributed by atoms with E-state index in [1.807, 2.05) is 0 Å². The smallest absolute Gasteiger partial charge is 0.242 e. The molecule has 2 heterocycles. The fourth-order valence-electron chi connectivity index (χ4n) is 1.58. The first-order valence-corrected chi connectivity index (χ1v) is 4.56. The van der Waals surface area contributed by atoms with Crippen LogP contribution in [0.5, 0.6) is 0 Å². The number of nitrogen functional groups attached to an aromatic ring is 1. The first kappa shape index (κ1) is 8.22. The Bertz CT molecular complexity index is 282. The van der Waals surface area contributed by atoms with E-state index in [0.717, 1.165) is 18.9 Å². The highest BCUT2D eigenvalue weighted by Crippen LogP contribution is 2.16. The van der Waals surface area contributed by atoms with E-state index in [4.69, 9.17) is 5.73 Å². The highest BCUT2D eigenvalue weighted by Gasteiger charge is 2.12. The second-order valence-electron chi connectivity index (χ2n) is 3.22. The summed E-state index contributed by atoms with van der Waals surface area (Å²) in [6.07, 6.45) is 5.43. The molecule has 1 saturated heterocycles. The first-order valence-electron chi connectivity index (χ1n) is 4.56. The van der Waals surface area contributed by atoms with Crippen molar-refractivity contribution in [2.75, 3.05) is 23.7 Å². The van der Waals surface area contributed by atoms with Crippen LogP contribution < -0.4 is 10.6 Å². The van der Waals surface area contributed by atoms with Crippen LogP contribution in [0.25, 0.3) is 0 Å². The average Bonchev–Trinajstić information content (AvgIpc) is 2.19. The molecular weight excluding hydrogens is 166 g/mol. The Kier molecular flexibility index (Phi) is 2.25. The Labute approximate surface area is 77.0 Å². The molecule has 13 heavy (non-hydrogen) atoms. The van der Waals surface area contributed by atoms with Crippen LogP contribution in [0.15, 0.2) is 6.20 Å².